The van der Waals surface area contributed by atoms with E-state index in [1.54, 1.807) is 6.07 Å². The molecule has 0 aliphatic rings. The molecule has 0 bridgehead atoms. The van der Waals surface area contributed by atoms with E-state index in [1.165, 1.54) is 24.3 Å². The zero-order chi connectivity index (χ0) is 14.7. The van der Waals surface area contributed by atoms with Gasteiger partial charge in [-0.3, -0.25) is 10.1 Å². The number of nitrogens with zero attached hydrogens (tertiary/aromatic N) is 1. The van der Waals surface area contributed by atoms with Gasteiger partial charge in [0.2, 0.25) is 5.75 Å². The zero-order valence-corrected chi connectivity index (χ0v) is 11.5. The van der Waals surface area contributed by atoms with Gasteiger partial charge in [-0.25, -0.2) is 4.39 Å². The van der Waals surface area contributed by atoms with Gasteiger partial charge in [-0.1, -0.05) is 17.7 Å². The summed E-state index contributed by atoms with van der Waals surface area (Å²) >= 11 is 11.2. The third-order valence-electron chi connectivity index (χ3n) is 2.49. The average Bonchev–Trinajstić information content (AvgIpc) is 2.43. The van der Waals surface area contributed by atoms with Crippen molar-refractivity contribution in [1.82, 2.24) is 0 Å². The second-order valence-electron chi connectivity index (χ2n) is 3.87. The highest BCUT2D eigenvalue weighted by Gasteiger charge is 2.17. The number of halogens is 3. The van der Waals surface area contributed by atoms with Gasteiger partial charge in [0, 0.05) is 18.0 Å². The summed E-state index contributed by atoms with van der Waals surface area (Å²) in [5.41, 5.74) is 0.353. The topological polar surface area (TPSA) is 52.4 Å². The quantitative estimate of drug-likeness (QED) is 0.457. The lowest BCUT2D eigenvalue weighted by atomic mass is 10.2. The van der Waals surface area contributed by atoms with Crippen LogP contribution in [0.5, 0.6) is 11.5 Å². The fourth-order valence-corrected chi connectivity index (χ4v) is 1.83. The van der Waals surface area contributed by atoms with Gasteiger partial charge in [0.05, 0.1) is 9.95 Å². The molecule has 2 aromatic rings. The Morgan fingerprint density at radius 3 is 2.60 bits per heavy atom. The number of nitro groups is 1. The molecule has 0 aliphatic carbocycles. The summed E-state index contributed by atoms with van der Waals surface area (Å²) in [6, 6.07) is 8.12. The van der Waals surface area contributed by atoms with Gasteiger partial charge >= 0.3 is 5.69 Å². The largest absolute Gasteiger partial charge is 0.450 e. The van der Waals surface area contributed by atoms with Crippen LogP contribution in [0.4, 0.5) is 10.1 Å². The molecule has 4 nitrogen and oxygen atoms in total. The number of ether oxygens (including phenoxy) is 1. The highest BCUT2D eigenvalue weighted by Crippen LogP contribution is 2.33. The normalized spacial score (nSPS) is 10.3. The van der Waals surface area contributed by atoms with Crippen molar-refractivity contribution >= 4 is 28.9 Å². The van der Waals surface area contributed by atoms with Crippen molar-refractivity contribution in [2.24, 2.45) is 0 Å². The summed E-state index contributed by atoms with van der Waals surface area (Å²) in [6.45, 7) is 0. The summed E-state index contributed by atoms with van der Waals surface area (Å²) in [5, 5.41) is 10.9. The SMILES string of the molecule is O=[N+]([O-])c1cc(CCl)ccc1Oc1ccc(Cl)c(F)c1. The van der Waals surface area contributed by atoms with E-state index in [-0.39, 0.29) is 28.1 Å². The Labute approximate surface area is 123 Å². The number of hydrogen-bond acceptors (Lipinski definition) is 3. The predicted molar refractivity (Wildman–Crippen MR) is 74.1 cm³/mol. The molecule has 0 heterocycles. The van der Waals surface area contributed by atoms with E-state index in [9.17, 15) is 14.5 Å². The number of rotatable bonds is 4. The Morgan fingerprint density at radius 1 is 1.25 bits per heavy atom. The van der Waals surface area contributed by atoms with Crippen molar-refractivity contribution in [3.63, 3.8) is 0 Å². The van der Waals surface area contributed by atoms with Gasteiger partial charge < -0.3 is 4.74 Å². The molecule has 0 N–H and O–H groups in total. The Kier molecular flexibility index (Phi) is 4.42. The average molecular weight is 316 g/mol. The van der Waals surface area contributed by atoms with Crippen LogP contribution in [0.25, 0.3) is 0 Å². The van der Waals surface area contributed by atoms with Gasteiger partial charge in [-0.2, -0.15) is 0 Å². The van der Waals surface area contributed by atoms with Crippen LogP contribution in [-0.2, 0) is 5.88 Å². The molecular formula is C13H8Cl2FNO3. The summed E-state index contributed by atoms with van der Waals surface area (Å²) in [5.74, 6) is -0.389. The molecule has 7 heteroatoms. The van der Waals surface area contributed by atoms with Crippen LogP contribution in [0.15, 0.2) is 36.4 Å². The molecule has 0 spiro atoms. The van der Waals surface area contributed by atoms with E-state index in [0.717, 1.165) is 6.07 Å². The molecule has 2 aromatic carbocycles. The van der Waals surface area contributed by atoms with Crippen LogP contribution in [0.2, 0.25) is 5.02 Å². The molecule has 20 heavy (non-hydrogen) atoms. The van der Waals surface area contributed by atoms with Crippen molar-refractivity contribution in [2.45, 2.75) is 5.88 Å². The zero-order valence-electron chi connectivity index (χ0n) is 9.98. The van der Waals surface area contributed by atoms with E-state index in [1.807, 2.05) is 0 Å². The molecule has 104 valence electrons. The van der Waals surface area contributed by atoms with Gasteiger partial charge in [0.15, 0.2) is 0 Å². The van der Waals surface area contributed by atoms with Crippen LogP contribution in [-0.4, -0.2) is 4.92 Å². The van der Waals surface area contributed by atoms with Gasteiger partial charge in [-0.15, -0.1) is 11.6 Å². The van der Waals surface area contributed by atoms with Crippen LogP contribution < -0.4 is 4.74 Å². The maximum atomic E-state index is 13.3. The monoisotopic (exact) mass is 315 g/mol. The molecule has 0 aromatic heterocycles. The van der Waals surface area contributed by atoms with Crippen molar-refractivity contribution in [3.8, 4) is 11.5 Å². The molecule has 0 unspecified atom stereocenters. The first kappa shape index (κ1) is 14.6. The van der Waals surface area contributed by atoms with Crippen molar-refractivity contribution < 1.29 is 14.1 Å². The second kappa shape index (κ2) is 6.07. The Morgan fingerprint density at radius 2 is 2.00 bits per heavy atom. The van der Waals surface area contributed by atoms with Crippen molar-refractivity contribution in [3.05, 3.63) is 62.9 Å². The molecule has 0 radical (unpaired) electrons. The summed E-state index contributed by atoms with van der Waals surface area (Å²) in [4.78, 5) is 10.4. The highest BCUT2D eigenvalue weighted by atomic mass is 35.5. The third kappa shape index (κ3) is 3.18. The molecule has 0 fully saturated rings. The maximum absolute atomic E-state index is 13.3. The lowest BCUT2D eigenvalue weighted by Crippen LogP contribution is -1.95. The minimum Gasteiger partial charge on any atom is -0.450 e. The predicted octanol–water partition coefficient (Wildman–Crippen LogP) is 4.92. The minimum absolute atomic E-state index is 0.00518. The molecular weight excluding hydrogens is 308 g/mol. The molecule has 0 aliphatic heterocycles. The van der Waals surface area contributed by atoms with Gasteiger partial charge in [0.1, 0.15) is 11.6 Å². The molecule has 0 amide bonds. The molecule has 0 atom stereocenters. The van der Waals surface area contributed by atoms with Gasteiger partial charge in [-0.05, 0) is 23.8 Å². The number of alkyl halides is 1. The van der Waals surface area contributed by atoms with E-state index >= 15 is 0 Å². The van der Waals surface area contributed by atoms with E-state index in [2.05, 4.69) is 0 Å². The first-order valence-corrected chi connectivity index (χ1v) is 6.38. The fraction of sp³-hybridized carbons (Fsp3) is 0.0769. The lowest BCUT2D eigenvalue weighted by Gasteiger charge is -2.07. The minimum atomic E-state index is -0.663. The summed E-state index contributed by atoms with van der Waals surface area (Å²) in [6.07, 6.45) is 0. The van der Waals surface area contributed by atoms with E-state index in [0.29, 0.717) is 5.56 Å². The maximum Gasteiger partial charge on any atom is 0.311 e. The van der Waals surface area contributed by atoms with Crippen molar-refractivity contribution in [2.75, 3.05) is 0 Å². The van der Waals surface area contributed by atoms with Crippen LogP contribution in [0, 0.1) is 15.9 Å². The van der Waals surface area contributed by atoms with Gasteiger partial charge in [0.25, 0.3) is 0 Å². The number of hydrogen-bond donors (Lipinski definition) is 0. The van der Waals surface area contributed by atoms with E-state index in [4.69, 9.17) is 27.9 Å². The van der Waals surface area contributed by atoms with E-state index < -0.39 is 10.7 Å². The molecule has 0 saturated carbocycles. The van der Waals surface area contributed by atoms with Crippen LogP contribution >= 0.6 is 23.2 Å². The smallest absolute Gasteiger partial charge is 0.311 e. The third-order valence-corrected chi connectivity index (χ3v) is 3.11. The van der Waals surface area contributed by atoms with Crippen LogP contribution in [0.1, 0.15) is 5.56 Å². The summed E-state index contributed by atoms with van der Waals surface area (Å²) in [7, 11) is 0. The Hall–Kier alpha value is -1.85. The first-order chi connectivity index (χ1) is 9.51. The molecule has 2 rings (SSSR count). The summed E-state index contributed by atoms with van der Waals surface area (Å²) < 4.78 is 18.6. The van der Waals surface area contributed by atoms with Crippen molar-refractivity contribution in [1.29, 1.82) is 0 Å². The Bertz CT molecular complexity index is 664. The standard InChI is InChI=1S/C13H8Cl2FNO3/c14-7-8-1-4-13(12(5-8)17(18)19)20-9-2-3-10(15)11(16)6-9/h1-6H,7H2. The second-order valence-corrected chi connectivity index (χ2v) is 4.55. The number of benzene rings is 2. The van der Waals surface area contributed by atoms with Crippen LogP contribution in [0.3, 0.4) is 0 Å². The number of nitro benzene ring substituents is 1. The molecule has 0 saturated heterocycles. The Balaban J connectivity index is 2.37. The highest BCUT2D eigenvalue weighted by molar-refractivity contribution is 6.30. The lowest BCUT2D eigenvalue weighted by molar-refractivity contribution is -0.385. The fourth-order valence-electron chi connectivity index (χ4n) is 1.54. The first-order valence-electron chi connectivity index (χ1n) is 5.47.